The minimum atomic E-state index is -4.46. The molecule has 0 aromatic heterocycles. The molecule has 0 atom stereocenters. The summed E-state index contributed by atoms with van der Waals surface area (Å²) in [5, 5.41) is 7.72. The fourth-order valence-corrected chi connectivity index (χ4v) is 3.02. The van der Waals surface area contributed by atoms with Gasteiger partial charge >= 0.3 is 6.18 Å². The average Bonchev–Trinajstić information content (AvgIpc) is 2.55. The molecule has 0 aliphatic rings. The van der Waals surface area contributed by atoms with Crippen molar-refractivity contribution in [2.24, 2.45) is 5.14 Å². The molecule has 146 valence electrons. The Morgan fingerprint density at radius 1 is 1.11 bits per heavy atom. The van der Waals surface area contributed by atoms with Gasteiger partial charge in [-0.25, -0.2) is 13.6 Å². The van der Waals surface area contributed by atoms with Crippen LogP contribution in [0, 0.1) is 6.92 Å². The maximum Gasteiger partial charge on any atom is 0.406 e. The Hall–Kier alpha value is -2.17. The number of hydrogen-bond donors (Lipinski definition) is 2. The van der Waals surface area contributed by atoms with Crippen LogP contribution in [0.3, 0.4) is 0 Å². The monoisotopic (exact) mass is 417 g/mol. The largest absolute Gasteiger partial charge is 0.406 e. The smallest absolute Gasteiger partial charge is 0.336 e. The van der Waals surface area contributed by atoms with Crippen LogP contribution >= 0.6 is 12.2 Å². The van der Waals surface area contributed by atoms with Gasteiger partial charge in [-0.3, -0.25) is 0 Å². The van der Waals surface area contributed by atoms with Gasteiger partial charge in [-0.1, -0.05) is 29.8 Å². The number of nitrogens with zero attached hydrogens (tertiary/aromatic N) is 1. The summed E-state index contributed by atoms with van der Waals surface area (Å²) in [6.45, 7) is 0.493. The van der Waals surface area contributed by atoms with Gasteiger partial charge in [-0.15, -0.1) is 0 Å². The van der Waals surface area contributed by atoms with Gasteiger partial charge in [0.2, 0.25) is 10.0 Å². The van der Waals surface area contributed by atoms with Crippen LogP contribution in [0.5, 0.6) is 0 Å². The minimum Gasteiger partial charge on any atom is -0.336 e. The fraction of sp³-hybridized carbons (Fsp3) is 0.235. The molecular weight excluding hydrogens is 399 g/mol. The predicted octanol–water partition coefficient (Wildman–Crippen LogP) is 3.40. The molecule has 0 aliphatic carbocycles. The SMILES string of the molecule is Cc1ccc(NC(=S)N(Cc2ccc(S(N)(=O)=O)cc2)CC(F)(F)F)cc1. The summed E-state index contributed by atoms with van der Waals surface area (Å²) in [5.41, 5.74) is 2.04. The lowest BCUT2D eigenvalue weighted by atomic mass is 10.2. The number of thiocarbonyl (C=S) groups is 1. The lowest BCUT2D eigenvalue weighted by Crippen LogP contribution is -2.40. The highest BCUT2D eigenvalue weighted by Crippen LogP contribution is 2.20. The summed E-state index contributed by atoms with van der Waals surface area (Å²) in [7, 11) is -3.87. The number of rotatable bonds is 5. The van der Waals surface area contributed by atoms with Crippen LogP contribution in [-0.2, 0) is 16.6 Å². The molecule has 2 aromatic rings. The van der Waals surface area contributed by atoms with Crippen LogP contribution in [0.15, 0.2) is 53.4 Å². The standard InChI is InChI=1S/C17H18F3N3O2S2/c1-12-2-6-14(7-3-12)22-16(26)23(11-17(18,19)20)10-13-4-8-15(9-5-13)27(21,24)25/h2-9H,10-11H2,1H3,(H,22,26)(H2,21,24,25). The highest BCUT2D eigenvalue weighted by Gasteiger charge is 2.32. The first-order valence-corrected chi connectivity index (χ1v) is 9.70. The lowest BCUT2D eigenvalue weighted by Gasteiger charge is -2.27. The van der Waals surface area contributed by atoms with Crippen LogP contribution in [0.25, 0.3) is 0 Å². The lowest BCUT2D eigenvalue weighted by molar-refractivity contribution is -0.138. The second-order valence-electron chi connectivity index (χ2n) is 5.96. The molecule has 0 spiro atoms. The number of alkyl halides is 3. The van der Waals surface area contributed by atoms with Crippen LogP contribution in [-0.4, -0.2) is 31.2 Å². The van der Waals surface area contributed by atoms with E-state index in [-0.39, 0.29) is 16.6 Å². The Labute approximate surface area is 161 Å². The molecule has 0 radical (unpaired) electrons. The summed E-state index contributed by atoms with van der Waals surface area (Å²) in [6, 6.07) is 12.3. The molecule has 2 rings (SSSR count). The molecule has 10 heteroatoms. The van der Waals surface area contributed by atoms with E-state index in [0.717, 1.165) is 10.5 Å². The number of nitrogens with two attached hydrogens (primary N) is 1. The van der Waals surface area contributed by atoms with E-state index >= 15 is 0 Å². The molecule has 0 fully saturated rings. The molecule has 0 saturated carbocycles. The van der Waals surface area contributed by atoms with E-state index in [4.69, 9.17) is 17.4 Å². The van der Waals surface area contributed by atoms with Crippen molar-refractivity contribution in [3.05, 3.63) is 59.7 Å². The van der Waals surface area contributed by atoms with Gasteiger partial charge < -0.3 is 10.2 Å². The highest BCUT2D eigenvalue weighted by atomic mass is 32.2. The van der Waals surface area contributed by atoms with Crippen molar-refractivity contribution in [3.63, 3.8) is 0 Å². The van der Waals surface area contributed by atoms with Crippen LogP contribution < -0.4 is 10.5 Å². The van der Waals surface area contributed by atoms with Crippen molar-refractivity contribution in [2.45, 2.75) is 24.5 Å². The molecule has 3 N–H and O–H groups in total. The van der Waals surface area contributed by atoms with Crippen molar-refractivity contribution in [1.29, 1.82) is 0 Å². The average molecular weight is 417 g/mol. The predicted molar refractivity (Wildman–Crippen MR) is 102 cm³/mol. The zero-order valence-corrected chi connectivity index (χ0v) is 16.0. The Kier molecular flexibility index (Phi) is 6.45. The van der Waals surface area contributed by atoms with E-state index in [9.17, 15) is 21.6 Å². The third-order valence-corrected chi connectivity index (χ3v) is 4.88. The highest BCUT2D eigenvalue weighted by molar-refractivity contribution is 7.89. The normalized spacial score (nSPS) is 11.9. The third kappa shape index (κ3) is 6.81. The molecular formula is C17H18F3N3O2S2. The number of hydrogen-bond acceptors (Lipinski definition) is 3. The number of primary sulfonamides is 1. The first-order chi connectivity index (χ1) is 12.4. The number of halogens is 3. The first kappa shape index (κ1) is 21.1. The summed E-state index contributed by atoms with van der Waals surface area (Å²) < 4.78 is 61.4. The molecule has 0 bridgehead atoms. The van der Waals surface area contributed by atoms with Gasteiger partial charge in [0.15, 0.2) is 5.11 Å². The van der Waals surface area contributed by atoms with Gasteiger partial charge in [-0.05, 0) is 49.0 Å². The van der Waals surface area contributed by atoms with Crippen LogP contribution in [0.4, 0.5) is 18.9 Å². The number of aryl methyl sites for hydroxylation is 1. The van der Waals surface area contributed by atoms with Gasteiger partial charge in [0.25, 0.3) is 0 Å². The number of sulfonamides is 1. The van der Waals surface area contributed by atoms with Crippen LogP contribution in [0.1, 0.15) is 11.1 Å². The van der Waals surface area contributed by atoms with Gasteiger partial charge in [0.05, 0.1) is 4.90 Å². The van der Waals surface area contributed by atoms with E-state index < -0.39 is 22.7 Å². The third-order valence-electron chi connectivity index (χ3n) is 3.59. The van der Waals surface area contributed by atoms with Crippen molar-refractivity contribution in [1.82, 2.24) is 4.90 Å². The Morgan fingerprint density at radius 3 is 2.15 bits per heavy atom. The maximum absolute atomic E-state index is 13.0. The maximum atomic E-state index is 13.0. The van der Waals surface area contributed by atoms with Gasteiger partial charge in [-0.2, -0.15) is 13.2 Å². The molecule has 0 amide bonds. The molecule has 0 unspecified atom stereocenters. The molecule has 0 aliphatic heterocycles. The zero-order chi connectivity index (χ0) is 20.2. The number of benzene rings is 2. The summed E-state index contributed by atoms with van der Waals surface area (Å²) in [6.07, 6.45) is -4.46. The van der Waals surface area contributed by atoms with E-state index in [0.29, 0.717) is 11.3 Å². The fourth-order valence-electron chi connectivity index (χ4n) is 2.26. The summed E-state index contributed by atoms with van der Waals surface area (Å²) in [4.78, 5) is 0.843. The Morgan fingerprint density at radius 2 is 1.67 bits per heavy atom. The van der Waals surface area contributed by atoms with E-state index in [1.807, 2.05) is 19.1 Å². The van der Waals surface area contributed by atoms with Crippen molar-refractivity contribution in [3.8, 4) is 0 Å². The van der Waals surface area contributed by atoms with Crippen molar-refractivity contribution in [2.75, 3.05) is 11.9 Å². The van der Waals surface area contributed by atoms with E-state index in [1.54, 1.807) is 12.1 Å². The number of anilines is 1. The van der Waals surface area contributed by atoms with Crippen molar-refractivity contribution < 1.29 is 21.6 Å². The van der Waals surface area contributed by atoms with E-state index in [2.05, 4.69) is 5.32 Å². The van der Waals surface area contributed by atoms with Gasteiger partial charge in [0.1, 0.15) is 6.54 Å². The molecule has 5 nitrogen and oxygen atoms in total. The van der Waals surface area contributed by atoms with Crippen LogP contribution in [0.2, 0.25) is 0 Å². The minimum absolute atomic E-state index is 0.0910. The molecule has 2 aromatic carbocycles. The Balaban J connectivity index is 2.18. The second-order valence-corrected chi connectivity index (χ2v) is 7.90. The quantitative estimate of drug-likeness (QED) is 0.730. The topological polar surface area (TPSA) is 75.4 Å². The Bertz CT molecular complexity index is 897. The van der Waals surface area contributed by atoms with E-state index in [1.165, 1.54) is 24.3 Å². The molecule has 0 saturated heterocycles. The first-order valence-electron chi connectivity index (χ1n) is 7.75. The molecule has 27 heavy (non-hydrogen) atoms. The molecule has 0 heterocycles. The summed E-state index contributed by atoms with van der Waals surface area (Å²) in [5.74, 6) is 0. The van der Waals surface area contributed by atoms with Gasteiger partial charge in [0, 0.05) is 12.2 Å². The van der Waals surface area contributed by atoms with Crippen molar-refractivity contribution >= 4 is 33.0 Å². The summed E-state index contributed by atoms with van der Waals surface area (Å²) >= 11 is 5.14. The second kappa shape index (κ2) is 8.24. The zero-order valence-electron chi connectivity index (χ0n) is 14.3. The number of nitrogens with one attached hydrogen (secondary N) is 1.